The van der Waals surface area contributed by atoms with Crippen molar-refractivity contribution in [3.05, 3.63) is 62.6 Å². The number of halogens is 3. The third-order valence-electron chi connectivity index (χ3n) is 5.58. The molecule has 0 radical (unpaired) electrons. The zero-order valence-electron chi connectivity index (χ0n) is 21.0. The number of benzene rings is 2. The Balaban J connectivity index is 2.50. The summed E-state index contributed by atoms with van der Waals surface area (Å²) in [5, 5.41) is 3.90. The van der Waals surface area contributed by atoms with Crippen molar-refractivity contribution < 1.29 is 18.0 Å². The van der Waals surface area contributed by atoms with E-state index in [0.717, 1.165) is 16.1 Å². The lowest BCUT2D eigenvalue weighted by Crippen LogP contribution is -2.52. The van der Waals surface area contributed by atoms with E-state index in [0.29, 0.717) is 33.6 Å². The van der Waals surface area contributed by atoms with Crippen molar-refractivity contribution in [3.8, 4) is 0 Å². The average Bonchev–Trinajstić information content (AvgIpc) is 2.78. The highest BCUT2D eigenvalue weighted by Gasteiger charge is 2.32. The summed E-state index contributed by atoms with van der Waals surface area (Å²) in [6.07, 6.45) is 1.31. The lowest BCUT2D eigenvalue weighted by Gasteiger charge is -2.33. The van der Waals surface area contributed by atoms with Gasteiger partial charge in [-0.3, -0.25) is 13.9 Å². The Bertz CT molecular complexity index is 1180. The average molecular weight is 577 g/mol. The number of hydrogen-bond donors (Lipinski definition) is 1. The minimum Gasteiger partial charge on any atom is -0.354 e. The minimum atomic E-state index is -3.86. The second kappa shape index (κ2) is 13.0. The molecule has 1 atom stereocenters. The highest BCUT2D eigenvalue weighted by molar-refractivity contribution is 7.92. The summed E-state index contributed by atoms with van der Waals surface area (Å²) >= 11 is 19.0. The molecular weight excluding hydrogens is 545 g/mol. The Morgan fingerprint density at radius 2 is 1.64 bits per heavy atom. The molecule has 198 valence electrons. The summed E-state index contributed by atoms with van der Waals surface area (Å²) in [5.74, 6) is -0.715. The van der Waals surface area contributed by atoms with E-state index in [1.54, 1.807) is 44.2 Å². The van der Waals surface area contributed by atoms with Gasteiger partial charge in [-0.05, 0) is 49.1 Å². The summed E-state index contributed by atoms with van der Waals surface area (Å²) in [6, 6.07) is 8.84. The normalized spacial score (nSPS) is 12.4. The number of rotatable bonds is 11. The van der Waals surface area contributed by atoms with E-state index in [2.05, 4.69) is 5.32 Å². The van der Waals surface area contributed by atoms with Crippen molar-refractivity contribution in [1.29, 1.82) is 0 Å². The van der Waals surface area contributed by atoms with E-state index < -0.39 is 28.5 Å². The van der Waals surface area contributed by atoms with Gasteiger partial charge < -0.3 is 10.2 Å². The van der Waals surface area contributed by atoms with Crippen LogP contribution in [0.3, 0.4) is 0 Å². The van der Waals surface area contributed by atoms with Gasteiger partial charge in [-0.25, -0.2) is 8.42 Å². The van der Waals surface area contributed by atoms with E-state index in [-0.39, 0.29) is 24.1 Å². The maximum absolute atomic E-state index is 13.7. The fraction of sp³-hybridized carbons (Fsp3) is 0.440. The topological polar surface area (TPSA) is 86.8 Å². The Hall–Kier alpha value is -2.00. The molecule has 7 nitrogen and oxygen atoms in total. The second-order valence-corrected chi connectivity index (χ2v) is 12.1. The Morgan fingerprint density at radius 3 is 2.14 bits per heavy atom. The van der Waals surface area contributed by atoms with Crippen LogP contribution in [-0.2, 0) is 26.2 Å². The monoisotopic (exact) mass is 575 g/mol. The van der Waals surface area contributed by atoms with Crippen LogP contribution in [0.1, 0.15) is 38.3 Å². The number of carbonyl (C=O) groups excluding carboxylic acids is 2. The minimum absolute atomic E-state index is 0.0722. The van der Waals surface area contributed by atoms with Crippen LogP contribution in [0.5, 0.6) is 0 Å². The first-order valence-electron chi connectivity index (χ1n) is 11.5. The van der Waals surface area contributed by atoms with Crippen molar-refractivity contribution in [2.45, 2.75) is 46.7 Å². The van der Waals surface area contributed by atoms with Crippen molar-refractivity contribution in [3.63, 3.8) is 0 Å². The van der Waals surface area contributed by atoms with Crippen LogP contribution in [0, 0.1) is 12.8 Å². The van der Waals surface area contributed by atoms with Gasteiger partial charge in [0.15, 0.2) is 0 Å². The molecule has 0 aliphatic carbocycles. The summed E-state index contributed by atoms with van der Waals surface area (Å²) in [7, 11) is -3.86. The van der Waals surface area contributed by atoms with E-state index >= 15 is 0 Å². The van der Waals surface area contributed by atoms with Gasteiger partial charge in [0.25, 0.3) is 0 Å². The van der Waals surface area contributed by atoms with Crippen LogP contribution in [0.25, 0.3) is 0 Å². The molecule has 0 aliphatic rings. The van der Waals surface area contributed by atoms with Crippen LogP contribution in [0.4, 0.5) is 5.69 Å². The molecule has 2 rings (SSSR count). The van der Waals surface area contributed by atoms with E-state index in [4.69, 9.17) is 34.8 Å². The van der Waals surface area contributed by atoms with Gasteiger partial charge in [0.05, 0.1) is 11.9 Å². The summed E-state index contributed by atoms with van der Waals surface area (Å²) in [5.41, 5.74) is 1.48. The number of anilines is 1. The fourth-order valence-corrected chi connectivity index (χ4v) is 5.08. The van der Waals surface area contributed by atoms with Gasteiger partial charge in [0.1, 0.15) is 12.6 Å². The maximum Gasteiger partial charge on any atom is 0.244 e. The van der Waals surface area contributed by atoms with Crippen LogP contribution in [0.15, 0.2) is 36.4 Å². The standard InChI is InChI=1S/C25H32Cl3N3O4S/c1-6-23(25(33)29-13-16(2)3)30(14-19-20(26)8-7-9-21(19)27)24(32)15-31(36(5,34)35)18-11-10-17(4)22(28)12-18/h7-12,16,23H,6,13-15H2,1-5H3,(H,29,33). The summed E-state index contributed by atoms with van der Waals surface area (Å²) < 4.78 is 26.4. The SMILES string of the molecule is CCC(C(=O)NCC(C)C)N(Cc1c(Cl)cccc1Cl)C(=O)CN(c1ccc(C)c(Cl)c1)S(C)(=O)=O. The van der Waals surface area contributed by atoms with Gasteiger partial charge in [0, 0.05) is 33.7 Å². The molecule has 2 aromatic rings. The summed E-state index contributed by atoms with van der Waals surface area (Å²) in [4.78, 5) is 28.1. The largest absolute Gasteiger partial charge is 0.354 e. The molecule has 1 unspecified atom stereocenters. The van der Waals surface area contributed by atoms with Crippen LogP contribution in [-0.4, -0.2) is 50.5 Å². The van der Waals surface area contributed by atoms with Crippen molar-refractivity contribution in [2.24, 2.45) is 5.92 Å². The highest BCUT2D eigenvalue weighted by atomic mass is 35.5. The molecule has 0 fully saturated rings. The number of aryl methyl sites for hydroxylation is 1. The lowest BCUT2D eigenvalue weighted by atomic mass is 10.1. The number of hydrogen-bond acceptors (Lipinski definition) is 4. The van der Waals surface area contributed by atoms with Gasteiger partial charge in [-0.2, -0.15) is 0 Å². The van der Waals surface area contributed by atoms with Crippen molar-refractivity contribution >= 4 is 62.3 Å². The molecule has 0 saturated heterocycles. The molecule has 0 bridgehead atoms. The molecule has 0 saturated carbocycles. The molecule has 0 aromatic heterocycles. The van der Waals surface area contributed by atoms with Gasteiger partial charge >= 0.3 is 0 Å². The predicted molar refractivity (Wildman–Crippen MR) is 147 cm³/mol. The smallest absolute Gasteiger partial charge is 0.244 e. The van der Waals surface area contributed by atoms with Crippen LogP contribution >= 0.6 is 34.8 Å². The van der Waals surface area contributed by atoms with Crippen LogP contribution < -0.4 is 9.62 Å². The molecule has 1 N–H and O–H groups in total. The Morgan fingerprint density at radius 1 is 1.03 bits per heavy atom. The zero-order chi connectivity index (χ0) is 27.2. The summed E-state index contributed by atoms with van der Waals surface area (Å²) in [6.45, 7) is 7.32. The predicted octanol–water partition coefficient (Wildman–Crippen LogP) is 5.30. The third kappa shape index (κ3) is 8.00. The van der Waals surface area contributed by atoms with Gasteiger partial charge in [0.2, 0.25) is 21.8 Å². The van der Waals surface area contributed by atoms with Gasteiger partial charge in [-0.15, -0.1) is 0 Å². The van der Waals surface area contributed by atoms with Crippen molar-refractivity contribution in [2.75, 3.05) is 23.7 Å². The third-order valence-corrected chi connectivity index (χ3v) is 7.84. The van der Waals surface area contributed by atoms with E-state index in [9.17, 15) is 18.0 Å². The molecule has 11 heteroatoms. The first kappa shape index (κ1) is 30.2. The lowest BCUT2D eigenvalue weighted by molar-refractivity contribution is -0.140. The number of carbonyl (C=O) groups is 2. The molecule has 0 heterocycles. The number of sulfonamides is 1. The molecule has 0 spiro atoms. The zero-order valence-corrected chi connectivity index (χ0v) is 24.1. The van der Waals surface area contributed by atoms with Crippen LogP contribution in [0.2, 0.25) is 15.1 Å². The molecular formula is C25H32Cl3N3O4S. The first-order valence-corrected chi connectivity index (χ1v) is 14.5. The quantitative estimate of drug-likeness (QED) is 0.393. The fourth-order valence-electron chi connectivity index (χ4n) is 3.55. The Labute approximate surface area is 228 Å². The maximum atomic E-state index is 13.7. The Kier molecular flexibility index (Phi) is 10.9. The van der Waals surface area contributed by atoms with Gasteiger partial charge in [-0.1, -0.05) is 67.7 Å². The van der Waals surface area contributed by atoms with E-state index in [1.165, 1.54) is 11.0 Å². The van der Waals surface area contributed by atoms with E-state index in [1.807, 2.05) is 13.8 Å². The highest BCUT2D eigenvalue weighted by Crippen LogP contribution is 2.28. The number of nitrogens with one attached hydrogen (secondary N) is 1. The molecule has 2 aromatic carbocycles. The molecule has 0 aliphatic heterocycles. The van der Waals surface area contributed by atoms with Crippen molar-refractivity contribution in [1.82, 2.24) is 10.2 Å². The second-order valence-electron chi connectivity index (χ2n) is 8.99. The number of amides is 2. The molecule has 36 heavy (non-hydrogen) atoms. The number of nitrogens with zero attached hydrogens (tertiary/aromatic N) is 2. The molecule has 2 amide bonds. The first-order chi connectivity index (χ1) is 16.8.